The van der Waals surface area contributed by atoms with Crippen LogP contribution in [0.25, 0.3) is 0 Å². The van der Waals surface area contributed by atoms with Crippen LogP contribution in [0.4, 0.5) is 5.13 Å². The number of thiazole rings is 1. The molecule has 0 spiro atoms. The van der Waals surface area contributed by atoms with Crippen molar-refractivity contribution >= 4 is 34.0 Å². The summed E-state index contributed by atoms with van der Waals surface area (Å²) in [7, 11) is 0. The number of nitrogens with zero attached hydrogens (tertiary/aromatic N) is 1. The number of rotatable bonds is 7. The van der Waals surface area contributed by atoms with Crippen molar-refractivity contribution in [1.29, 1.82) is 0 Å². The van der Waals surface area contributed by atoms with E-state index in [0.717, 1.165) is 34.1 Å². The third-order valence-corrected chi connectivity index (χ3v) is 4.32. The number of carbonyl (C=O) groups excluding carboxylic acids is 1. The minimum absolute atomic E-state index is 0.00307. The molecule has 1 aromatic heterocycles. The van der Waals surface area contributed by atoms with Crippen LogP contribution in [0, 0.1) is 13.8 Å². The lowest BCUT2D eigenvalue weighted by Gasteiger charge is -2.07. The van der Waals surface area contributed by atoms with Gasteiger partial charge in [0, 0.05) is 22.5 Å². The van der Waals surface area contributed by atoms with Gasteiger partial charge < -0.3 is 10.1 Å². The number of unbranched alkanes of at least 4 members (excludes halogenated alkanes) is 1. The topological polar surface area (TPSA) is 51.2 Å². The molecule has 6 heteroatoms. The molecule has 1 heterocycles. The Morgan fingerprint density at radius 1 is 1.36 bits per heavy atom. The first-order chi connectivity index (χ1) is 10.5. The maximum Gasteiger partial charge on any atom is 0.226 e. The molecule has 0 aliphatic heterocycles. The smallest absolute Gasteiger partial charge is 0.226 e. The molecule has 118 valence electrons. The second-order valence-corrected chi connectivity index (χ2v) is 6.68. The van der Waals surface area contributed by atoms with E-state index in [9.17, 15) is 4.79 Å². The number of halogens is 1. The van der Waals surface area contributed by atoms with Crippen LogP contribution < -0.4 is 10.1 Å². The normalized spacial score (nSPS) is 10.5. The third kappa shape index (κ3) is 5.31. The van der Waals surface area contributed by atoms with E-state index in [-0.39, 0.29) is 5.91 Å². The average molecular weight is 339 g/mol. The quantitative estimate of drug-likeness (QED) is 0.750. The van der Waals surface area contributed by atoms with Crippen molar-refractivity contribution in [2.45, 2.75) is 33.1 Å². The Kier molecular flexibility index (Phi) is 6.21. The van der Waals surface area contributed by atoms with Crippen LogP contribution in [0.15, 0.2) is 24.4 Å². The Balaban J connectivity index is 1.62. The lowest BCUT2D eigenvalue weighted by Crippen LogP contribution is -2.11. The van der Waals surface area contributed by atoms with Gasteiger partial charge in [0.15, 0.2) is 5.13 Å². The van der Waals surface area contributed by atoms with Crippen LogP contribution in [0.2, 0.25) is 5.02 Å². The number of hydrogen-bond acceptors (Lipinski definition) is 4. The first-order valence-electron chi connectivity index (χ1n) is 7.16. The van der Waals surface area contributed by atoms with E-state index in [1.54, 1.807) is 6.20 Å². The number of aromatic nitrogens is 1. The highest BCUT2D eigenvalue weighted by atomic mass is 35.5. The van der Waals surface area contributed by atoms with Crippen LogP contribution in [0.5, 0.6) is 5.75 Å². The molecule has 0 unspecified atom stereocenters. The molecular formula is C16H19ClN2O2S. The van der Waals surface area contributed by atoms with Crippen molar-refractivity contribution in [3.05, 3.63) is 39.9 Å². The molecule has 0 bridgehead atoms. The number of carbonyl (C=O) groups is 1. The van der Waals surface area contributed by atoms with Gasteiger partial charge in [-0.25, -0.2) is 4.98 Å². The summed E-state index contributed by atoms with van der Waals surface area (Å²) in [6.45, 7) is 4.49. The zero-order valence-corrected chi connectivity index (χ0v) is 14.3. The van der Waals surface area contributed by atoms with Gasteiger partial charge in [-0.1, -0.05) is 11.6 Å². The minimum Gasteiger partial charge on any atom is -0.494 e. The monoisotopic (exact) mass is 338 g/mol. The molecule has 1 aromatic carbocycles. The number of nitrogens with one attached hydrogen (secondary N) is 1. The summed E-state index contributed by atoms with van der Waals surface area (Å²) in [6.07, 6.45) is 3.83. The number of aryl methyl sites for hydroxylation is 2. The van der Waals surface area contributed by atoms with E-state index in [4.69, 9.17) is 16.3 Å². The van der Waals surface area contributed by atoms with Crippen molar-refractivity contribution in [2.24, 2.45) is 0 Å². The zero-order chi connectivity index (χ0) is 15.9. The van der Waals surface area contributed by atoms with Crippen LogP contribution >= 0.6 is 22.9 Å². The van der Waals surface area contributed by atoms with E-state index in [1.165, 1.54) is 11.3 Å². The first kappa shape index (κ1) is 16.8. The highest BCUT2D eigenvalue weighted by Gasteiger charge is 2.05. The summed E-state index contributed by atoms with van der Waals surface area (Å²) in [5.74, 6) is 0.807. The fraction of sp³-hybridized carbons (Fsp3) is 0.375. The second-order valence-electron chi connectivity index (χ2n) is 5.04. The highest BCUT2D eigenvalue weighted by molar-refractivity contribution is 7.15. The van der Waals surface area contributed by atoms with Crippen LogP contribution in [-0.4, -0.2) is 17.5 Å². The molecule has 0 fully saturated rings. The molecule has 0 saturated carbocycles. The summed E-state index contributed by atoms with van der Waals surface area (Å²) >= 11 is 7.44. The molecule has 22 heavy (non-hydrogen) atoms. The van der Waals surface area contributed by atoms with Gasteiger partial charge in [-0.3, -0.25) is 4.79 Å². The number of benzene rings is 1. The Morgan fingerprint density at radius 3 is 2.86 bits per heavy atom. The highest BCUT2D eigenvalue weighted by Crippen LogP contribution is 2.21. The van der Waals surface area contributed by atoms with Crippen molar-refractivity contribution in [2.75, 3.05) is 11.9 Å². The SMILES string of the molecule is Cc1cnc(NC(=O)CCCCOc2ccc(Cl)c(C)c2)s1. The lowest BCUT2D eigenvalue weighted by molar-refractivity contribution is -0.116. The number of anilines is 1. The van der Waals surface area contributed by atoms with Crippen molar-refractivity contribution in [1.82, 2.24) is 4.98 Å². The molecule has 0 aliphatic carbocycles. The van der Waals surface area contributed by atoms with Gasteiger partial charge >= 0.3 is 0 Å². The Labute approximate surface area is 139 Å². The predicted molar refractivity (Wildman–Crippen MR) is 91.0 cm³/mol. The predicted octanol–water partition coefficient (Wildman–Crippen LogP) is 4.60. The maximum absolute atomic E-state index is 11.7. The average Bonchev–Trinajstić information content (AvgIpc) is 2.87. The molecule has 0 aliphatic rings. The van der Waals surface area contributed by atoms with E-state index >= 15 is 0 Å². The van der Waals surface area contributed by atoms with Crippen LogP contribution in [0.3, 0.4) is 0 Å². The summed E-state index contributed by atoms with van der Waals surface area (Å²) in [4.78, 5) is 16.9. The van der Waals surface area contributed by atoms with E-state index in [2.05, 4.69) is 10.3 Å². The molecule has 2 aromatic rings. The summed E-state index contributed by atoms with van der Waals surface area (Å²) < 4.78 is 5.64. The summed E-state index contributed by atoms with van der Waals surface area (Å²) in [5, 5.41) is 4.20. The number of hydrogen-bond donors (Lipinski definition) is 1. The van der Waals surface area contributed by atoms with Gasteiger partial charge in [0.05, 0.1) is 6.61 Å². The Bertz CT molecular complexity index is 643. The molecular weight excluding hydrogens is 320 g/mol. The summed E-state index contributed by atoms with van der Waals surface area (Å²) in [6, 6.07) is 5.60. The van der Waals surface area contributed by atoms with Crippen LogP contribution in [0.1, 0.15) is 29.7 Å². The minimum atomic E-state index is -0.00307. The fourth-order valence-corrected chi connectivity index (χ4v) is 2.68. The Hall–Kier alpha value is -1.59. The zero-order valence-electron chi connectivity index (χ0n) is 12.7. The van der Waals surface area contributed by atoms with E-state index in [1.807, 2.05) is 32.0 Å². The molecule has 0 radical (unpaired) electrons. The molecule has 0 saturated heterocycles. The van der Waals surface area contributed by atoms with Gasteiger partial charge in [-0.05, 0) is 50.5 Å². The van der Waals surface area contributed by atoms with Gasteiger partial charge in [0.1, 0.15) is 5.75 Å². The van der Waals surface area contributed by atoms with Crippen LogP contribution in [-0.2, 0) is 4.79 Å². The van der Waals surface area contributed by atoms with Gasteiger partial charge in [0.2, 0.25) is 5.91 Å². The lowest BCUT2D eigenvalue weighted by atomic mass is 10.2. The second kappa shape index (κ2) is 8.15. The molecule has 2 rings (SSSR count). The van der Waals surface area contributed by atoms with E-state index < -0.39 is 0 Å². The molecule has 4 nitrogen and oxygen atoms in total. The first-order valence-corrected chi connectivity index (χ1v) is 8.35. The Morgan fingerprint density at radius 2 is 2.18 bits per heavy atom. The third-order valence-electron chi connectivity index (χ3n) is 3.06. The van der Waals surface area contributed by atoms with Gasteiger partial charge in [-0.15, -0.1) is 11.3 Å². The largest absolute Gasteiger partial charge is 0.494 e. The number of ether oxygens (including phenoxy) is 1. The van der Waals surface area contributed by atoms with Crippen molar-refractivity contribution < 1.29 is 9.53 Å². The fourth-order valence-electron chi connectivity index (χ4n) is 1.88. The molecule has 0 atom stereocenters. The number of amides is 1. The molecule has 1 N–H and O–H groups in total. The van der Waals surface area contributed by atoms with Gasteiger partial charge in [-0.2, -0.15) is 0 Å². The van der Waals surface area contributed by atoms with Crippen molar-refractivity contribution in [3.63, 3.8) is 0 Å². The maximum atomic E-state index is 11.7. The summed E-state index contributed by atoms with van der Waals surface area (Å²) in [5.41, 5.74) is 0.997. The standard InChI is InChI=1S/C16H19ClN2O2S/c1-11-9-13(6-7-14(11)17)21-8-4-3-5-15(20)19-16-18-10-12(2)22-16/h6-7,9-10H,3-5,8H2,1-2H3,(H,18,19,20). The van der Waals surface area contributed by atoms with Gasteiger partial charge in [0.25, 0.3) is 0 Å². The van der Waals surface area contributed by atoms with Crippen molar-refractivity contribution in [3.8, 4) is 5.75 Å². The molecule has 1 amide bonds. The van der Waals surface area contributed by atoms with E-state index in [0.29, 0.717) is 18.2 Å².